The predicted molar refractivity (Wildman–Crippen MR) is 52.7 cm³/mol. The first kappa shape index (κ1) is 13.3. The van der Waals surface area contributed by atoms with E-state index in [1.54, 1.807) is 5.32 Å². The van der Waals surface area contributed by atoms with E-state index < -0.39 is 29.3 Å². The van der Waals surface area contributed by atoms with Gasteiger partial charge in [-0.1, -0.05) is 11.6 Å². The average Bonchev–Trinajstić information content (AvgIpc) is 2.19. The van der Waals surface area contributed by atoms with Crippen LogP contribution in [0.3, 0.4) is 0 Å². The third kappa shape index (κ3) is 3.35. The van der Waals surface area contributed by atoms with Crippen LogP contribution in [0.1, 0.15) is 5.56 Å². The Morgan fingerprint density at radius 2 is 1.88 bits per heavy atom. The number of nitrogens with one attached hydrogen (secondary N) is 1. The van der Waals surface area contributed by atoms with E-state index in [0.717, 1.165) is 12.1 Å². The minimum Gasteiger partial charge on any atom is -0.474 e. The van der Waals surface area contributed by atoms with Crippen LogP contribution in [0.4, 0.5) is 18.9 Å². The normalized spacial score (nSPS) is 11.1. The van der Waals surface area contributed by atoms with Gasteiger partial charge >= 0.3 is 18.1 Å². The number of carboxylic acids is 1. The molecule has 1 rings (SSSR count). The van der Waals surface area contributed by atoms with Crippen molar-refractivity contribution in [1.29, 1.82) is 0 Å². The second kappa shape index (κ2) is 4.62. The molecule has 0 aromatic heterocycles. The highest BCUT2D eigenvalue weighted by Gasteiger charge is 2.31. The second-order valence-electron chi connectivity index (χ2n) is 2.95. The molecule has 0 fully saturated rings. The Hall–Kier alpha value is -1.76. The summed E-state index contributed by atoms with van der Waals surface area (Å²) in [6.45, 7) is 0. The molecule has 0 saturated carbocycles. The van der Waals surface area contributed by atoms with Gasteiger partial charge in [0.1, 0.15) is 0 Å². The van der Waals surface area contributed by atoms with Gasteiger partial charge in [0.05, 0.1) is 16.3 Å². The molecule has 1 amide bonds. The van der Waals surface area contributed by atoms with Crippen molar-refractivity contribution in [3.8, 4) is 0 Å². The van der Waals surface area contributed by atoms with Crippen LogP contribution < -0.4 is 5.32 Å². The fourth-order valence-electron chi connectivity index (χ4n) is 0.973. The Morgan fingerprint density at radius 3 is 2.35 bits per heavy atom. The molecule has 0 unspecified atom stereocenters. The average molecular weight is 268 g/mol. The lowest BCUT2D eigenvalue weighted by atomic mass is 10.2. The molecule has 1 aromatic carbocycles. The summed E-state index contributed by atoms with van der Waals surface area (Å²) in [5.74, 6) is -3.29. The van der Waals surface area contributed by atoms with Gasteiger partial charge in [0.2, 0.25) is 0 Å². The molecule has 0 aliphatic carbocycles. The number of hydrogen-bond acceptors (Lipinski definition) is 2. The highest BCUT2D eigenvalue weighted by molar-refractivity contribution is 6.39. The molecule has 0 heterocycles. The summed E-state index contributed by atoms with van der Waals surface area (Å²) in [6, 6.07) is 2.20. The number of anilines is 1. The number of amides is 1. The Balaban J connectivity index is 3.07. The third-order valence-corrected chi connectivity index (χ3v) is 2.07. The monoisotopic (exact) mass is 267 g/mol. The first-order valence-corrected chi connectivity index (χ1v) is 4.50. The van der Waals surface area contributed by atoms with Gasteiger partial charge in [0.15, 0.2) is 0 Å². The standard InChI is InChI=1S/C9H5ClF3NO3/c10-5-2-1-4(9(11,12)13)3-6(5)14-7(15)8(16)17/h1-3H,(H,14,15)(H,16,17). The zero-order valence-electron chi connectivity index (χ0n) is 8.01. The number of carbonyl (C=O) groups excluding carboxylic acids is 1. The first-order chi connectivity index (χ1) is 7.71. The second-order valence-corrected chi connectivity index (χ2v) is 3.36. The van der Waals surface area contributed by atoms with E-state index in [2.05, 4.69) is 0 Å². The van der Waals surface area contributed by atoms with Crippen LogP contribution in [-0.4, -0.2) is 17.0 Å². The van der Waals surface area contributed by atoms with Crippen molar-refractivity contribution in [3.63, 3.8) is 0 Å². The number of benzene rings is 1. The number of hydrogen-bond donors (Lipinski definition) is 2. The van der Waals surface area contributed by atoms with Gasteiger partial charge < -0.3 is 10.4 Å². The minimum absolute atomic E-state index is 0.187. The van der Waals surface area contributed by atoms with E-state index in [1.165, 1.54) is 0 Å². The fraction of sp³-hybridized carbons (Fsp3) is 0.111. The molecular weight excluding hydrogens is 263 g/mol. The molecule has 0 bridgehead atoms. The summed E-state index contributed by atoms with van der Waals surface area (Å²) < 4.78 is 37.0. The van der Waals surface area contributed by atoms with Crippen molar-refractivity contribution in [2.45, 2.75) is 6.18 Å². The Kier molecular flexibility index (Phi) is 3.62. The SMILES string of the molecule is O=C(O)C(=O)Nc1cc(C(F)(F)F)ccc1Cl. The number of carboxylic acid groups (broad SMARTS) is 1. The lowest BCUT2D eigenvalue weighted by Crippen LogP contribution is -2.22. The Bertz CT molecular complexity index is 473. The third-order valence-electron chi connectivity index (χ3n) is 1.74. The summed E-state index contributed by atoms with van der Waals surface area (Å²) >= 11 is 5.52. The highest BCUT2D eigenvalue weighted by Crippen LogP contribution is 2.33. The van der Waals surface area contributed by atoms with Crippen LogP contribution >= 0.6 is 11.6 Å². The van der Waals surface area contributed by atoms with Crippen LogP contribution in [0.15, 0.2) is 18.2 Å². The molecule has 0 aliphatic rings. The molecule has 8 heteroatoms. The van der Waals surface area contributed by atoms with Crippen molar-refractivity contribution in [2.75, 3.05) is 5.32 Å². The summed E-state index contributed by atoms with van der Waals surface area (Å²) in [5.41, 5.74) is -1.45. The van der Waals surface area contributed by atoms with Gasteiger partial charge in [-0.2, -0.15) is 13.2 Å². The highest BCUT2D eigenvalue weighted by atomic mass is 35.5. The zero-order valence-corrected chi connectivity index (χ0v) is 8.76. The maximum Gasteiger partial charge on any atom is 0.416 e. The molecule has 0 radical (unpaired) electrons. The Labute approximate surface area is 98.0 Å². The molecule has 2 N–H and O–H groups in total. The zero-order chi connectivity index (χ0) is 13.2. The van der Waals surface area contributed by atoms with E-state index in [4.69, 9.17) is 16.7 Å². The van der Waals surface area contributed by atoms with Crippen LogP contribution in [0.2, 0.25) is 5.02 Å². The molecule has 0 saturated heterocycles. The van der Waals surface area contributed by atoms with Crippen LogP contribution in [0.25, 0.3) is 0 Å². The molecule has 0 atom stereocenters. The molecule has 0 spiro atoms. The van der Waals surface area contributed by atoms with Gasteiger partial charge in [-0.25, -0.2) is 4.79 Å². The summed E-state index contributed by atoms with van der Waals surface area (Å²) in [4.78, 5) is 21.0. The molecule has 92 valence electrons. The van der Waals surface area contributed by atoms with Gasteiger partial charge in [-0.15, -0.1) is 0 Å². The van der Waals surface area contributed by atoms with Gasteiger partial charge in [-0.05, 0) is 18.2 Å². The van der Waals surface area contributed by atoms with Gasteiger partial charge in [-0.3, -0.25) is 4.79 Å². The number of aliphatic carboxylic acids is 1. The lowest BCUT2D eigenvalue weighted by molar-refractivity contribution is -0.147. The van der Waals surface area contributed by atoms with E-state index in [0.29, 0.717) is 6.07 Å². The van der Waals surface area contributed by atoms with Gasteiger partial charge in [0, 0.05) is 0 Å². The van der Waals surface area contributed by atoms with Crippen molar-refractivity contribution in [1.82, 2.24) is 0 Å². The molecule has 17 heavy (non-hydrogen) atoms. The molecule has 4 nitrogen and oxygen atoms in total. The van der Waals surface area contributed by atoms with E-state index in [9.17, 15) is 22.8 Å². The quantitative estimate of drug-likeness (QED) is 0.768. The molecule has 1 aromatic rings. The van der Waals surface area contributed by atoms with Crippen molar-refractivity contribution < 1.29 is 27.9 Å². The van der Waals surface area contributed by atoms with Gasteiger partial charge in [0.25, 0.3) is 0 Å². The lowest BCUT2D eigenvalue weighted by Gasteiger charge is -2.10. The number of rotatable bonds is 1. The fourth-order valence-corrected chi connectivity index (χ4v) is 1.14. The molecule has 0 aliphatic heterocycles. The predicted octanol–water partition coefficient (Wildman–Crippen LogP) is 2.38. The minimum atomic E-state index is -4.60. The maximum atomic E-state index is 12.3. The summed E-state index contributed by atoms with van der Waals surface area (Å²) in [7, 11) is 0. The Morgan fingerprint density at radius 1 is 1.29 bits per heavy atom. The van der Waals surface area contributed by atoms with Crippen LogP contribution in [0.5, 0.6) is 0 Å². The number of alkyl halides is 3. The topological polar surface area (TPSA) is 66.4 Å². The van der Waals surface area contributed by atoms with Crippen LogP contribution in [-0.2, 0) is 15.8 Å². The number of carbonyl (C=O) groups is 2. The summed E-state index contributed by atoms with van der Waals surface area (Å²) in [5, 5.41) is 9.85. The smallest absolute Gasteiger partial charge is 0.416 e. The van der Waals surface area contributed by atoms with E-state index in [-0.39, 0.29) is 5.02 Å². The van der Waals surface area contributed by atoms with E-state index >= 15 is 0 Å². The van der Waals surface area contributed by atoms with Crippen molar-refractivity contribution in [2.24, 2.45) is 0 Å². The first-order valence-electron chi connectivity index (χ1n) is 4.13. The van der Waals surface area contributed by atoms with Crippen molar-refractivity contribution >= 4 is 29.2 Å². The maximum absolute atomic E-state index is 12.3. The summed E-state index contributed by atoms with van der Waals surface area (Å²) in [6.07, 6.45) is -4.60. The number of halogens is 4. The van der Waals surface area contributed by atoms with E-state index in [1.807, 2.05) is 0 Å². The van der Waals surface area contributed by atoms with Crippen LogP contribution in [0, 0.1) is 0 Å². The largest absolute Gasteiger partial charge is 0.474 e. The van der Waals surface area contributed by atoms with Crippen molar-refractivity contribution in [3.05, 3.63) is 28.8 Å². The molecular formula is C9H5ClF3NO3.